The highest BCUT2D eigenvalue weighted by molar-refractivity contribution is 5.85. The molecule has 0 atom stereocenters. The van der Waals surface area contributed by atoms with Crippen LogP contribution in [-0.4, -0.2) is 44.1 Å². The minimum absolute atomic E-state index is 0.286. The molecule has 4 rings (SSSR count). The van der Waals surface area contributed by atoms with Gasteiger partial charge in [0.2, 0.25) is 0 Å². The fourth-order valence-electron chi connectivity index (χ4n) is 4.20. The summed E-state index contributed by atoms with van der Waals surface area (Å²) in [5.41, 5.74) is 5.40. The average molecular weight is 432 g/mol. The second-order valence-corrected chi connectivity index (χ2v) is 9.96. The summed E-state index contributed by atoms with van der Waals surface area (Å²) < 4.78 is 0. The summed E-state index contributed by atoms with van der Waals surface area (Å²) in [6, 6.07) is 17.8. The van der Waals surface area contributed by atoms with Crippen LogP contribution < -0.4 is 14.7 Å². The van der Waals surface area contributed by atoms with Gasteiger partial charge >= 0.3 is 0 Å². The van der Waals surface area contributed by atoms with E-state index in [1.165, 1.54) is 16.9 Å². The molecule has 170 valence electrons. The number of hydrazone groups is 1. The van der Waals surface area contributed by atoms with Gasteiger partial charge in [-0.2, -0.15) is 5.10 Å². The maximum atomic E-state index is 4.56. The number of benzene rings is 2. The Kier molecular flexibility index (Phi) is 6.45. The van der Waals surface area contributed by atoms with Gasteiger partial charge in [-0.15, -0.1) is 0 Å². The van der Waals surface area contributed by atoms with Crippen LogP contribution in [0.4, 0.5) is 17.1 Å². The highest BCUT2D eigenvalue weighted by atomic mass is 15.6. The van der Waals surface area contributed by atoms with Crippen molar-refractivity contribution in [2.24, 2.45) is 10.5 Å². The van der Waals surface area contributed by atoms with Gasteiger partial charge in [-0.25, -0.2) is 5.01 Å². The number of anilines is 3. The monoisotopic (exact) mass is 431 g/mol. The van der Waals surface area contributed by atoms with E-state index in [9.17, 15) is 0 Å². The highest BCUT2D eigenvalue weighted by Gasteiger charge is 2.23. The molecule has 2 aromatic carbocycles. The van der Waals surface area contributed by atoms with E-state index >= 15 is 0 Å². The number of piperazine rings is 1. The van der Waals surface area contributed by atoms with Crippen molar-refractivity contribution < 1.29 is 0 Å². The molecule has 0 bridgehead atoms. The van der Waals surface area contributed by atoms with Gasteiger partial charge in [0.15, 0.2) is 0 Å². The summed E-state index contributed by atoms with van der Waals surface area (Å²) in [6.07, 6.45) is 4.04. The second kappa shape index (κ2) is 9.27. The van der Waals surface area contributed by atoms with Crippen molar-refractivity contribution >= 4 is 23.4 Å². The molecule has 0 unspecified atom stereocenters. The minimum atomic E-state index is 0.286. The molecule has 2 aliphatic rings. The van der Waals surface area contributed by atoms with Gasteiger partial charge in [0.25, 0.3) is 0 Å². The molecule has 1 saturated heterocycles. The summed E-state index contributed by atoms with van der Waals surface area (Å²) in [5, 5.41) is 6.56. The van der Waals surface area contributed by atoms with Crippen LogP contribution in [0.3, 0.4) is 0 Å². The van der Waals surface area contributed by atoms with Gasteiger partial charge in [-0.05, 0) is 60.2 Å². The van der Waals surface area contributed by atoms with Crippen molar-refractivity contribution in [1.82, 2.24) is 5.01 Å². The van der Waals surface area contributed by atoms with Crippen LogP contribution in [0.5, 0.6) is 0 Å². The Hall–Kier alpha value is -2.95. The van der Waals surface area contributed by atoms with E-state index < -0.39 is 0 Å². The molecular weight excluding hydrogens is 394 g/mol. The summed E-state index contributed by atoms with van der Waals surface area (Å²) in [4.78, 5) is 7.04. The quantitative estimate of drug-likeness (QED) is 0.599. The van der Waals surface area contributed by atoms with E-state index in [1.807, 2.05) is 11.3 Å². The number of aryl methyl sites for hydroxylation is 1. The zero-order valence-electron chi connectivity index (χ0n) is 20.1. The molecule has 0 aromatic heterocycles. The predicted octanol–water partition coefficient (Wildman–Crippen LogP) is 5.55. The van der Waals surface area contributed by atoms with Crippen molar-refractivity contribution in [2.75, 3.05) is 47.4 Å². The van der Waals surface area contributed by atoms with Crippen LogP contribution in [0.1, 0.15) is 39.7 Å². The molecule has 0 radical (unpaired) electrons. The normalized spacial score (nSPS) is 16.9. The number of hydrogen-bond acceptors (Lipinski definition) is 5. The van der Waals surface area contributed by atoms with E-state index in [0.29, 0.717) is 0 Å². The molecule has 5 nitrogen and oxygen atoms in total. The second-order valence-electron chi connectivity index (χ2n) is 9.96. The lowest BCUT2D eigenvalue weighted by Crippen LogP contribution is -2.46. The molecule has 5 heteroatoms. The van der Waals surface area contributed by atoms with Crippen LogP contribution >= 0.6 is 0 Å². The van der Waals surface area contributed by atoms with E-state index in [-0.39, 0.29) is 5.41 Å². The van der Waals surface area contributed by atoms with Gasteiger partial charge in [0, 0.05) is 49.8 Å². The Morgan fingerprint density at radius 1 is 0.812 bits per heavy atom. The van der Waals surface area contributed by atoms with Crippen molar-refractivity contribution in [3.63, 3.8) is 0 Å². The number of rotatable bonds is 6. The molecule has 0 saturated carbocycles. The van der Waals surface area contributed by atoms with E-state index in [0.717, 1.165) is 57.1 Å². The minimum Gasteiger partial charge on any atom is -0.368 e. The molecule has 1 fully saturated rings. The molecule has 0 aliphatic carbocycles. The molecule has 2 aliphatic heterocycles. The molecule has 0 N–H and O–H groups in total. The summed E-state index contributed by atoms with van der Waals surface area (Å²) >= 11 is 0. The molecular formula is C27H37N5. The van der Waals surface area contributed by atoms with Crippen molar-refractivity contribution in [3.8, 4) is 0 Å². The number of nitrogens with zero attached hydrogens (tertiary/aromatic N) is 5. The van der Waals surface area contributed by atoms with Gasteiger partial charge in [0.05, 0.1) is 0 Å². The Bertz CT molecular complexity index is 932. The molecule has 0 spiro atoms. The average Bonchev–Trinajstić information content (AvgIpc) is 3.18. The first-order valence-corrected chi connectivity index (χ1v) is 11.8. The first-order chi connectivity index (χ1) is 15.3. The SMILES string of the molecule is C=C1N(CCC(C)(C)C)N=CN1c1ccc(N2CCN(c3ccc(CC)cc3)CC2)cc1. The van der Waals surface area contributed by atoms with E-state index in [1.54, 1.807) is 0 Å². The highest BCUT2D eigenvalue weighted by Crippen LogP contribution is 2.29. The van der Waals surface area contributed by atoms with Crippen LogP contribution in [0.15, 0.2) is 66.0 Å². The van der Waals surface area contributed by atoms with Gasteiger partial charge in [-0.3, -0.25) is 4.90 Å². The lowest BCUT2D eigenvalue weighted by Gasteiger charge is -2.37. The lowest BCUT2D eigenvalue weighted by molar-refractivity contribution is 0.286. The van der Waals surface area contributed by atoms with Crippen LogP contribution in [0.2, 0.25) is 0 Å². The van der Waals surface area contributed by atoms with Crippen molar-refractivity contribution in [1.29, 1.82) is 0 Å². The standard InChI is InChI=1S/C27H37N5/c1-6-23-7-9-24(10-8-23)29-17-19-30(20-18-29)25-11-13-26(14-12-25)31-21-28-32(22(31)2)16-15-27(3,4)5/h7-14,21H,2,6,15-20H2,1,3-5H3. The fraction of sp³-hybridized carbons (Fsp3) is 0.444. The first-order valence-electron chi connectivity index (χ1n) is 11.8. The Labute approximate surface area is 193 Å². The van der Waals surface area contributed by atoms with Gasteiger partial charge < -0.3 is 9.80 Å². The van der Waals surface area contributed by atoms with E-state index in [4.69, 9.17) is 0 Å². The third-order valence-corrected chi connectivity index (χ3v) is 6.44. The zero-order chi connectivity index (χ0) is 22.7. The first kappa shape index (κ1) is 22.3. The zero-order valence-corrected chi connectivity index (χ0v) is 20.1. The Morgan fingerprint density at radius 3 is 1.81 bits per heavy atom. The van der Waals surface area contributed by atoms with Crippen molar-refractivity contribution in [3.05, 3.63) is 66.5 Å². The maximum absolute atomic E-state index is 4.56. The molecule has 0 amide bonds. The predicted molar refractivity (Wildman–Crippen MR) is 138 cm³/mol. The third kappa shape index (κ3) is 5.09. The van der Waals surface area contributed by atoms with Crippen LogP contribution in [0.25, 0.3) is 0 Å². The van der Waals surface area contributed by atoms with E-state index in [2.05, 4.69) is 103 Å². The summed E-state index contributed by atoms with van der Waals surface area (Å²) in [7, 11) is 0. The summed E-state index contributed by atoms with van der Waals surface area (Å²) in [6.45, 7) is 18.3. The molecule has 32 heavy (non-hydrogen) atoms. The molecule has 2 heterocycles. The Morgan fingerprint density at radius 2 is 1.31 bits per heavy atom. The lowest BCUT2D eigenvalue weighted by atomic mass is 9.92. The third-order valence-electron chi connectivity index (χ3n) is 6.44. The van der Waals surface area contributed by atoms with Crippen molar-refractivity contribution in [2.45, 2.75) is 40.5 Å². The Balaban J connectivity index is 1.32. The van der Waals surface area contributed by atoms with Crippen LogP contribution in [0, 0.1) is 5.41 Å². The van der Waals surface area contributed by atoms with Gasteiger partial charge in [0.1, 0.15) is 12.2 Å². The molecule has 2 aromatic rings. The number of hydrogen-bond donors (Lipinski definition) is 0. The maximum Gasteiger partial charge on any atom is 0.127 e. The fourth-order valence-corrected chi connectivity index (χ4v) is 4.20. The summed E-state index contributed by atoms with van der Waals surface area (Å²) in [5.74, 6) is 0.921. The topological polar surface area (TPSA) is 25.3 Å². The largest absolute Gasteiger partial charge is 0.368 e. The van der Waals surface area contributed by atoms with Gasteiger partial charge in [-0.1, -0.05) is 46.4 Å². The van der Waals surface area contributed by atoms with Crippen LogP contribution in [-0.2, 0) is 6.42 Å². The smallest absolute Gasteiger partial charge is 0.127 e.